The van der Waals surface area contributed by atoms with Gasteiger partial charge in [0.05, 0.1) is 5.92 Å². The van der Waals surface area contributed by atoms with Gasteiger partial charge in [-0.3, -0.25) is 4.79 Å². The number of carboxylic acids is 1. The molecule has 0 bridgehead atoms. The largest absolute Gasteiger partial charge is 0.481 e. The highest BCUT2D eigenvalue weighted by Crippen LogP contribution is 2.11. The molecule has 0 aliphatic carbocycles. The summed E-state index contributed by atoms with van der Waals surface area (Å²) in [6.45, 7) is 9.52. The van der Waals surface area contributed by atoms with Gasteiger partial charge in [-0.1, -0.05) is 40.0 Å². The van der Waals surface area contributed by atoms with Gasteiger partial charge in [0.1, 0.15) is 0 Å². The number of carboxylic acid groups (broad SMARTS) is 1. The predicted octanol–water partition coefficient (Wildman–Crippen LogP) is 3.29. The van der Waals surface area contributed by atoms with Crippen LogP contribution >= 0.6 is 0 Å². The Balaban J connectivity index is 3.59. The molecule has 2 unspecified atom stereocenters. The number of carbonyl (C=O) groups is 1. The molecular weight excluding hydrogens is 214 g/mol. The van der Waals surface area contributed by atoms with Gasteiger partial charge in [0.25, 0.3) is 0 Å². The zero-order chi connectivity index (χ0) is 13.3. The molecule has 0 aliphatic rings. The SMILES string of the molecule is CCC(CC)CNC(C)CCCC(C)C(=O)O. The summed E-state index contributed by atoms with van der Waals surface area (Å²) in [5, 5.41) is 12.3. The highest BCUT2D eigenvalue weighted by Gasteiger charge is 2.11. The van der Waals surface area contributed by atoms with Gasteiger partial charge in [-0.2, -0.15) is 0 Å². The number of hydrogen-bond acceptors (Lipinski definition) is 2. The first-order valence-corrected chi connectivity index (χ1v) is 6.97. The first kappa shape index (κ1) is 16.4. The molecule has 0 rings (SSSR count). The van der Waals surface area contributed by atoms with Gasteiger partial charge < -0.3 is 10.4 Å². The van der Waals surface area contributed by atoms with Crippen molar-refractivity contribution in [3.8, 4) is 0 Å². The average molecular weight is 243 g/mol. The smallest absolute Gasteiger partial charge is 0.306 e. The zero-order valence-electron chi connectivity index (χ0n) is 11.8. The molecule has 2 atom stereocenters. The molecule has 0 saturated carbocycles. The first-order chi connectivity index (χ1) is 8.01. The Kier molecular flexibility index (Phi) is 9.14. The number of nitrogens with one attached hydrogen (secondary N) is 1. The van der Waals surface area contributed by atoms with Crippen LogP contribution in [-0.2, 0) is 4.79 Å². The van der Waals surface area contributed by atoms with Gasteiger partial charge in [0.15, 0.2) is 0 Å². The Morgan fingerprint density at radius 1 is 1.18 bits per heavy atom. The van der Waals surface area contributed by atoms with Crippen LogP contribution in [0.15, 0.2) is 0 Å². The van der Waals surface area contributed by atoms with Crippen molar-refractivity contribution < 1.29 is 9.90 Å². The van der Waals surface area contributed by atoms with E-state index in [-0.39, 0.29) is 5.92 Å². The second-order valence-electron chi connectivity index (χ2n) is 5.16. The molecule has 3 nitrogen and oxygen atoms in total. The van der Waals surface area contributed by atoms with Crippen molar-refractivity contribution in [1.82, 2.24) is 5.32 Å². The van der Waals surface area contributed by atoms with Gasteiger partial charge in [0.2, 0.25) is 0 Å². The summed E-state index contributed by atoms with van der Waals surface area (Å²) in [5.41, 5.74) is 0. The van der Waals surface area contributed by atoms with E-state index < -0.39 is 5.97 Å². The topological polar surface area (TPSA) is 49.3 Å². The molecule has 0 amide bonds. The molecule has 0 aromatic heterocycles. The third-order valence-electron chi connectivity index (χ3n) is 3.61. The Morgan fingerprint density at radius 3 is 2.24 bits per heavy atom. The second-order valence-corrected chi connectivity index (χ2v) is 5.16. The molecule has 0 heterocycles. The highest BCUT2D eigenvalue weighted by molar-refractivity contribution is 5.69. The third kappa shape index (κ3) is 8.19. The standard InChI is InChI=1S/C14H29NO2/c1-5-13(6-2)10-15-12(4)9-7-8-11(3)14(16)17/h11-13,15H,5-10H2,1-4H3,(H,16,17). The van der Waals surface area contributed by atoms with Crippen LogP contribution in [0.1, 0.15) is 59.8 Å². The summed E-state index contributed by atoms with van der Waals surface area (Å²) < 4.78 is 0. The van der Waals surface area contributed by atoms with Gasteiger partial charge in [-0.15, -0.1) is 0 Å². The van der Waals surface area contributed by atoms with Crippen LogP contribution in [0.2, 0.25) is 0 Å². The zero-order valence-corrected chi connectivity index (χ0v) is 11.8. The van der Waals surface area contributed by atoms with E-state index in [2.05, 4.69) is 26.1 Å². The fourth-order valence-corrected chi connectivity index (χ4v) is 1.90. The molecule has 102 valence electrons. The summed E-state index contributed by atoms with van der Waals surface area (Å²) in [6.07, 6.45) is 5.30. The molecule has 17 heavy (non-hydrogen) atoms. The predicted molar refractivity (Wildman–Crippen MR) is 72.2 cm³/mol. The molecule has 3 heteroatoms. The summed E-state index contributed by atoms with van der Waals surface area (Å²) in [7, 11) is 0. The molecule has 0 aliphatic heterocycles. The summed E-state index contributed by atoms with van der Waals surface area (Å²) >= 11 is 0. The number of aliphatic carboxylic acids is 1. The van der Waals surface area contributed by atoms with E-state index >= 15 is 0 Å². The monoisotopic (exact) mass is 243 g/mol. The summed E-state index contributed by atoms with van der Waals surface area (Å²) in [5.74, 6) is -0.112. The fourth-order valence-electron chi connectivity index (χ4n) is 1.90. The molecular formula is C14H29NO2. The van der Waals surface area contributed by atoms with Gasteiger partial charge in [-0.25, -0.2) is 0 Å². The average Bonchev–Trinajstić information content (AvgIpc) is 2.30. The number of rotatable bonds is 10. The van der Waals surface area contributed by atoms with Crippen molar-refractivity contribution in [3.63, 3.8) is 0 Å². The van der Waals surface area contributed by atoms with Gasteiger partial charge in [-0.05, 0) is 32.2 Å². The van der Waals surface area contributed by atoms with E-state index in [4.69, 9.17) is 5.11 Å². The van der Waals surface area contributed by atoms with Crippen LogP contribution < -0.4 is 5.32 Å². The normalized spacial score (nSPS) is 14.9. The lowest BCUT2D eigenvalue weighted by atomic mass is 10.0. The fraction of sp³-hybridized carbons (Fsp3) is 0.929. The van der Waals surface area contributed by atoms with Gasteiger partial charge in [0, 0.05) is 6.04 Å². The maximum atomic E-state index is 10.7. The Hall–Kier alpha value is -0.570. The van der Waals surface area contributed by atoms with Crippen LogP contribution in [0.5, 0.6) is 0 Å². The lowest BCUT2D eigenvalue weighted by molar-refractivity contribution is -0.141. The minimum atomic E-state index is -0.678. The third-order valence-corrected chi connectivity index (χ3v) is 3.61. The molecule has 0 spiro atoms. The van der Waals surface area contributed by atoms with E-state index in [1.807, 2.05) is 0 Å². The van der Waals surface area contributed by atoms with Crippen LogP contribution in [0.25, 0.3) is 0 Å². The van der Waals surface area contributed by atoms with Crippen molar-refractivity contribution in [3.05, 3.63) is 0 Å². The van der Waals surface area contributed by atoms with Crippen molar-refractivity contribution in [2.24, 2.45) is 11.8 Å². The molecule has 0 radical (unpaired) electrons. The van der Waals surface area contributed by atoms with E-state index in [0.29, 0.717) is 6.04 Å². The quantitative estimate of drug-likeness (QED) is 0.619. The minimum Gasteiger partial charge on any atom is -0.481 e. The Morgan fingerprint density at radius 2 is 1.76 bits per heavy atom. The Bertz CT molecular complexity index is 202. The maximum absolute atomic E-state index is 10.7. The van der Waals surface area contributed by atoms with Crippen molar-refractivity contribution in [2.75, 3.05) is 6.54 Å². The van der Waals surface area contributed by atoms with E-state index in [9.17, 15) is 4.79 Å². The van der Waals surface area contributed by atoms with Crippen LogP contribution in [0, 0.1) is 11.8 Å². The highest BCUT2D eigenvalue weighted by atomic mass is 16.4. The van der Waals surface area contributed by atoms with Gasteiger partial charge >= 0.3 is 5.97 Å². The van der Waals surface area contributed by atoms with E-state index in [1.165, 1.54) is 12.8 Å². The first-order valence-electron chi connectivity index (χ1n) is 6.97. The lowest BCUT2D eigenvalue weighted by Crippen LogP contribution is -2.31. The van der Waals surface area contributed by atoms with Crippen molar-refractivity contribution in [1.29, 1.82) is 0 Å². The molecule has 2 N–H and O–H groups in total. The van der Waals surface area contributed by atoms with Crippen LogP contribution in [0.3, 0.4) is 0 Å². The minimum absolute atomic E-state index is 0.207. The van der Waals surface area contributed by atoms with Crippen molar-refractivity contribution >= 4 is 5.97 Å². The number of hydrogen-bond donors (Lipinski definition) is 2. The molecule has 0 saturated heterocycles. The van der Waals surface area contributed by atoms with Crippen molar-refractivity contribution in [2.45, 2.75) is 65.8 Å². The van der Waals surface area contributed by atoms with Crippen LogP contribution in [-0.4, -0.2) is 23.7 Å². The van der Waals surface area contributed by atoms with Crippen LogP contribution in [0.4, 0.5) is 0 Å². The molecule has 0 aromatic rings. The summed E-state index contributed by atoms with van der Waals surface area (Å²) in [4.78, 5) is 10.7. The lowest BCUT2D eigenvalue weighted by Gasteiger charge is -2.18. The Labute approximate surface area is 106 Å². The second kappa shape index (κ2) is 9.46. The van der Waals surface area contributed by atoms with E-state index in [1.54, 1.807) is 6.92 Å². The maximum Gasteiger partial charge on any atom is 0.306 e. The van der Waals surface area contributed by atoms with E-state index in [0.717, 1.165) is 31.7 Å². The summed E-state index contributed by atoms with van der Waals surface area (Å²) in [6, 6.07) is 0.497. The molecule has 0 fully saturated rings. The molecule has 0 aromatic carbocycles.